The summed E-state index contributed by atoms with van der Waals surface area (Å²) in [7, 11) is 1.36. The molecule has 0 saturated heterocycles. The zero-order valence-electron chi connectivity index (χ0n) is 20.5. The number of hydrogen-bond acceptors (Lipinski definition) is 7. The number of benzene rings is 3. The van der Waals surface area contributed by atoms with Gasteiger partial charge in [0.05, 0.1) is 12.5 Å². The van der Waals surface area contributed by atoms with Crippen molar-refractivity contribution in [3.8, 4) is 28.7 Å². The molecule has 0 spiro atoms. The van der Waals surface area contributed by atoms with Gasteiger partial charge >= 0.3 is 12.1 Å². The van der Waals surface area contributed by atoms with Crippen LogP contribution in [0.4, 0.5) is 35.1 Å². The molecule has 0 N–H and O–H groups in total. The highest BCUT2D eigenvalue weighted by Crippen LogP contribution is 2.39. The fourth-order valence-electron chi connectivity index (χ4n) is 3.37. The van der Waals surface area contributed by atoms with Crippen LogP contribution in [0.1, 0.15) is 12.7 Å². The van der Waals surface area contributed by atoms with Crippen molar-refractivity contribution >= 4 is 16.9 Å². The fourth-order valence-corrected chi connectivity index (χ4v) is 3.37. The van der Waals surface area contributed by atoms with E-state index in [2.05, 4.69) is 4.74 Å². The minimum Gasteiger partial charge on any atom is -0.497 e. The first-order valence-corrected chi connectivity index (χ1v) is 11.1. The van der Waals surface area contributed by atoms with Gasteiger partial charge in [-0.25, -0.2) is 18.0 Å². The zero-order valence-corrected chi connectivity index (χ0v) is 20.5. The quantitative estimate of drug-likeness (QED) is 0.0781. The van der Waals surface area contributed by atoms with E-state index in [0.29, 0.717) is 5.75 Å². The third-order valence-corrected chi connectivity index (χ3v) is 5.37. The maximum Gasteiger partial charge on any atom is 0.453 e. The van der Waals surface area contributed by atoms with E-state index in [0.717, 1.165) is 25.1 Å². The summed E-state index contributed by atoms with van der Waals surface area (Å²) in [5.74, 6) is -18.3. The number of halogens is 8. The molecule has 0 amide bonds. The second kappa shape index (κ2) is 11.0. The Kier molecular flexibility index (Phi) is 7.81. The first-order chi connectivity index (χ1) is 19.2. The van der Waals surface area contributed by atoms with Crippen LogP contribution in [-0.2, 0) is 11.0 Å². The Labute approximate surface area is 223 Å². The van der Waals surface area contributed by atoms with Gasteiger partial charge in [0, 0.05) is 6.07 Å². The molecule has 4 aromatic rings. The van der Waals surface area contributed by atoms with Crippen LogP contribution >= 0.6 is 0 Å². The van der Waals surface area contributed by atoms with E-state index in [1.165, 1.54) is 31.4 Å². The molecule has 216 valence electrons. The minimum absolute atomic E-state index is 0.142. The standard InChI is InChI=1S/C26H14F8O7/c1-10(38-22-19(30)17(28)16(27)18(29)20(22)31)25(36)40-13-7-8-14-15(9-13)41-24(26(32,33)34)23(21(14)35)39-12-5-3-11(37-2)4-6-12/h3-10H,1-2H3. The predicted octanol–water partition coefficient (Wildman–Crippen LogP) is 6.68. The molecule has 1 unspecified atom stereocenters. The van der Waals surface area contributed by atoms with E-state index in [1.807, 2.05) is 0 Å². The summed E-state index contributed by atoms with van der Waals surface area (Å²) in [6.45, 7) is 0.839. The molecule has 3 aromatic carbocycles. The molecular formula is C26H14F8O7. The molecule has 0 aliphatic heterocycles. The molecule has 0 saturated carbocycles. The van der Waals surface area contributed by atoms with Crippen molar-refractivity contribution in [2.24, 2.45) is 0 Å². The average molecular weight is 590 g/mol. The number of fused-ring (bicyclic) bond motifs is 1. The van der Waals surface area contributed by atoms with Crippen LogP contribution in [0.5, 0.6) is 28.7 Å². The third kappa shape index (κ3) is 5.73. The lowest BCUT2D eigenvalue weighted by Crippen LogP contribution is -2.29. The van der Waals surface area contributed by atoms with Gasteiger partial charge in [0.15, 0.2) is 11.9 Å². The second-order valence-corrected chi connectivity index (χ2v) is 8.10. The first kappa shape index (κ1) is 29.2. The first-order valence-electron chi connectivity index (χ1n) is 11.1. The van der Waals surface area contributed by atoms with E-state index in [9.17, 15) is 44.7 Å². The third-order valence-electron chi connectivity index (χ3n) is 5.37. The lowest BCUT2D eigenvalue weighted by Gasteiger charge is -2.16. The lowest BCUT2D eigenvalue weighted by molar-refractivity contribution is -0.154. The molecule has 41 heavy (non-hydrogen) atoms. The number of esters is 1. The average Bonchev–Trinajstić information content (AvgIpc) is 2.94. The second-order valence-electron chi connectivity index (χ2n) is 8.10. The molecule has 1 atom stereocenters. The summed E-state index contributed by atoms with van der Waals surface area (Å²) in [5.41, 5.74) is -1.92. The van der Waals surface area contributed by atoms with Crippen LogP contribution in [0.15, 0.2) is 51.7 Å². The van der Waals surface area contributed by atoms with Gasteiger partial charge in [0.2, 0.25) is 40.3 Å². The molecule has 0 bridgehead atoms. The Morgan fingerprint density at radius 2 is 1.34 bits per heavy atom. The SMILES string of the molecule is COc1ccc(Oc2c(C(F)(F)F)oc3cc(OC(=O)C(C)Oc4c(F)c(F)c(F)c(F)c4F)ccc3c2=O)cc1. The summed E-state index contributed by atoms with van der Waals surface area (Å²) in [5, 5.41) is -0.410. The van der Waals surface area contributed by atoms with Gasteiger partial charge in [0.1, 0.15) is 22.8 Å². The van der Waals surface area contributed by atoms with Crippen molar-refractivity contribution in [2.45, 2.75) is 19.2 Å². The monoisotopic (exact) mass is 590 g/mol. The van der Waals surface area contributed by atoms with Gasteiger partial charge in [-0.05, 0) is 43.3 Å². The van der Waals surface area contributed by atoms with Crippen LogP contribution in [0, 0.1) is 29.1 Å². The largest absolute Gasteiger partial charge is 0.497 e. The minimum atomic E-state index is -5.21. The Morgan fingerprint density at radius 3 is 1.90 bits per heavy atom. The van der Waals surface area contributed by atoms with Crippen LogP contribution in [-0.4, -0.2) is 19.2 Å². The van der Waals surface area contributed by atoms with Crippen LogP contribution in [0.3, 0.4) is 0 Å². The molecule has 0 aliphatic carbocycles. The van der Waals surface area contributed by atoms with Crippen LogP contribution in [0.2, 0.25) is 0 Å². The number of methoxy groups -OCH3 is 1. The highest BCUT2D eigenvalue weighted by Gasteiger charge is 2.40. The normalized spacial score (nSPS) is 12.2. The number of carbonyl (C=O) groups excluding carboxylic acids is 1. The van der Waals surface area contributed by atoms with Crippen molar-refractivity contribution in [3.05, 3.63) is 87.5 Å². The van der Waals surface area contributed by atoms with E-state index < -0.39 is 86.7 Å². The highest BCUT2D eigenvalue weighted by molar-refractivity contribution is 5.82. The summed E-state index contributed by atoms with van der Waals surface area (Å²) < 4.78 is 133. The van der Waals surface area contributed by atoms with E-state index in [-0.39, 0.29) is 5.75 Å². The van der Waals surface area contributed by atoms with Gasteiger partial charge in [-0.15, -0.1) is 0 Å². The molecule has 1 aromatic heterocycles. The number of ether oxygens (including phenoxy) is 4. The van der Waals surface area contributed by atoms with Gasteiger partial charge < -0.3 is 23.4 Å². The summed E-state index contributed by atoms with van der Waals surface area (Å²) in [4.78, 5) is 25.3. The van der Waals surface area contributed by atoms with Gasteiger partial charge in [-0.2, -0.15) is 22.0 Å². The van der Waals surface area contributed by atoms with Gasteiger partial charge in [0.25, 0.3) is 5.76 Å². The molecule has 4 rings (SSSR count). The van der Waals surface area contributed by atoms with Crippen molar-refractivity contribution in [1.29, 1.82) is 0 Å². The van der Waals surface area contributed by atoms with E-state index in [4.69, 9.17) is 18.6 Å². The Balaban J connectivity index is 1.64. The molecule has 0 radical (unpaired) electrons. The molecule has 0 aliphatic rings. The molecule has 1 heterocycles. The lowest BCUT2D eigenvalue weighted by atomic mass is 10.2. The number of hydrogen-bond donors (Lipinski definition) is 0. The van der Waals surface area contributed by atoms with Crippen LogP contribution in [0.25, 0.3) is 11.0 Å². The van der Waals surface area contributed by atoms with Crippen LogP contribution < -0.4 is 24.4 Å². The Morgan fingerprint density at radius 1 is 0.805 bits per heavy atom. The number of rotatable bonds is 7. The molecule has 0 fully saturated rings. The summed E-state index contributed by atoms with van der Waals surface area (Å²) in [6, 6.07) is 7.89. The van der Waals surface area contributed by atoms with Gasteiger partial charge in [-0.1, -0.05) is 0 Å². The topological polar surface area (TPSA) is 84.2 Å². The fraction of sp³-hybridized carbons (Fsp3) is 0.154. The predicted molar refractivity (Wildman–Crippen MR) is 123 cm³/mol. The Hall–Kier alpha value is -4.82. The molecule has 7 nitrogen and oxygen atoms in total. The van der Waals surface area contributed by atoms with Crippen molar-refractivity contribution in [1.82, 2.24) is 0 Å². The molecule has 15 heteroatoms. The van der Waals surface area contributed by atoms with Crippen molar-refractivity contribution < 1.29 is 63.3 Å². The van der Waals surface area contributed by atoms with E-state index >= 15 is 0 Å². The van der Waals surface area contributed by atoms with Crippen molar-refractivity contribution in [2.75, 3.05) is 7.11 Å². The zero-order chi connectivity index (χ0) is 30.2. The smallest absolute Gasteiger partial charge is 0.453 e. The number of alkyl halides is 3. The maximum atomic E-state index is 13.9. The number of carbonyl (C=O) groups is 1. The summed E-state index contributed by atoms with van der Waals surface area (Å²) >= 11 is 0. The Bertz CT molecular complexity index is 1670. The highest BCUT2D eigenvalue weighted by atomic mass is 19.4. The maximum absolute atomic E-state index is 13.9. The molecular weight excluding hydrogens is 576 g/mol. The van der Waals surface area contributed by atoms with Gasteiger partial charge in [-0.3, -0.25) is 4.79 Å². The summed E-state index contributed by atoms with van der Waals surface area (Å²) in [6.07, 6.45) is -7.19. The van der Waals surface area contributed by atoms with Crippen molar-refractivity contribution in [3.63, 3.8) is 0 Å². The van der Waals surface area contributed by atoms with E-state index in [1.54, 1.807) is 0 Å².